The third-order valence-electron chi connectivity index (χ3n) is 2.70. The number of anilines is 1. The molecule has 0 saturated carbocycles. The maximum Gasteiger partial charge on any atom is 0.271 e. The first-order valence-corrected chi connectivity index (χ1v) is 8.18. The number of rotatable bonds is 5. The van der Waals surface area contributed by atoms with Crippen LogP contribution >= 0.6 is 27.3 Å². The number of halogens is 1. The second-order valence-corrected chi connectivity index (χ2v) is 6.81. The first kappa shape index (κ1) is 16.4. The molecule has 0 fully saturated rings. The Morgan fingerprint density at radius 3 is 2.55 bits per heavy atom. The summed E-state index contributed by atoms with van der Waals surface area (Å²) in [6, 6.07) is 10.5. The summed E-state index contributed by atoms with van der Waals surface area (Å²) in [6.45, 7) is 1.78. The minimum atomic E-state index is -0.305. The van der Waals surface area contributed by atoms with Gasteiger partial charge in [-0.2, -0.15) is 5.10 Å². The van der Waals surface area contributed by atoms with Crippen LogP contribution in [0.25, 0.3) is 0 Å². The van der Waals surface area contributed by atoms with Gasteiger partial charge in [-0.25, -0.2) is 5.43 Å². The third kappa shape index (κ3) is 4.78. The average Bonchev–Trinajstić information content (AvgIpc) is 2.93. The monoisotopic (exact) mass is 379 g/mol. The van der Waals surface area contributed by atoms with Crippen molar-refractivity contribution in [2.75, 3.05) is 5.32 Å². The zero-order valence-electron chi connectivity index (χ0n) is 11.8. The van der Waals surface area contributed by atoms with E-state index >= 15 is 0 Å². The minimum absolute atomic E-state index is 0.0658. The number of carbonyl (C=O) groups is 2. The van der Waals surface area contributed by atoms with E-state index in [1.807, 2.05) is 12.1 Å². The van der Waals surface area contributed by atoms with Gasteiger partial charge >= 0.3 is 0 Å². The normalized spacial score (nSPS) is 10.6. The summed E-state index contributed by atoms with van der Waals surface area (Å²) >= 11 is 4.88. The molecule has 1 aromatic heterocycles. The van der Waals surface area contributed by atoms with Gasteiger partial charge in [0.2, 0.25) is 5.91 Å². The van der Waals surface area contributed by atoms with Crippen molar-refractivity contribution in [1.29, 1.82) is 0 Å². The number of thiophene rings is 1. The standard InChI is InChI=1S/C15H14BrN3O2S/c1-2-14(20)18-11-5-3-10(4-6-11)15(21)19-17-9-12-7-8-13(16)22-12/h3-9H,2H2,1H3,(H,18,20)(H,19,21). The van der Waals surface area contributed by atoms with Crippen molar-refractivity contribution in [3.05, 3.63) is 50.6 Å². The fourth-order valence-electron chi connectivity index (χ4n) is 1.57. The Kier molecular flexibility index (Phi) is 5.85. The highest BCUT2D eigenvalue weighted by Gasteiger charge is 2.05. The van der Waals surface area contributed by atoms with Crippen molar-refractivity contribution in [1.82, 2.24) is 5.43 Å². The lowest BCUT2D eigenvalue weighted by molar-refractivity contribution is -0.115. The van der Waals surface area contributed by atoms with Crippen LogP contribution in [0.2, 0.25) is 0 Å². The quantitative estimate of drug-likeness (QED) is 0.614. The van der Waals surface area contributed by atoms with Crippen LogP contribution in [0.15, 0.2) is 45.3 Å². The van der Waals surface area contributed by atoms with Crippen LogP contribution in [0.3, 0.4) is 0 Å². The maximum absolute atomic E-state index is 11.9. The van der Waals surface area contributed by atoms with Gasteiger partial charge in [0.15, 0.2) is 0 Å². The molecule has 0 atom stereocenters. The minimum Gasteiger partial charge on any atom is -0.326 e. The van der Waals surface area contributed by atoms with Gasteiger partial charge in [0.1, 0.15) is 0 Å². The Hall–Kier alpha value is -1.99. The van der Waals surface area contributed by atoms with Gasteiger partial charge in [-0.1, -0.05) is 6.92 Å². The number of nitrogens with one attached hydrogen (secondary N) is 2. The number of hydrogen-bond acceptors (Lipinski definition) is 4. The van der Waals surface area contributed by atoms with Crippen LogP contribution < -0.4 is 10.7 Å². The predicted molar refractivity (Wildman–Crippen MR) is 92.4 cm³/mol. The molecule has 2 rings (SSSR count). The van der Waals surface area contributed by atoms with E-state index in [0.717, 1.165) is 8.66 Å². The molecular weight excluding hydrogens is 366 g/mol. The number of nitrogens with zero attached hydrogens (tertiary/aromatic N) is 1. The molecule has 114 valence electrons. The first-order valence-electron chi connectivity index (χ1n) is 6.57. The fraction of sp³-hybridized carbons (Fsp3) is 0.133. The molecule has 0 aliphatic rings. The van der Waals surface area contributed by atoms with E-state index in [9.17, 15) is 9.59 Å². The summed E-state index contributed by atoms with van der Waals surface area (Å²) in [7, 11) is 0. The summed E-state index contributed by atoms with van der Waals surface area (Å²) in [4.78, 5) is 24.1. The van der Waals surface area contributed by atoms with Gasteiger partial charge in [-0.15, -0.1) is 11.3 Å². The molecular formula is C15H14BrN3O2S. The van der Waals surface area contributed by atoms with Crippen LogP contribution in [0.5, 0.6) is 0 Å². The van der Waals surface area contributed by atoms with Gasteiger partial charge in [-0.3, -0.25) is 9.59 Å². The largest absolute Gasteiger partial charge is 0.326 e. The van der Waals surface area contributed by atoms with Gasteiger partial charge in [0.25, 0.3) is 5.91 Å². The molecule has 1 aromatic carbocycles. The van der Waals surface area contributed by atoms with E-state index < -0.39 is 0 Å². The van der Waals surface area contributed by atoms with E-state index in [-0.39, 0.29) is 11.8 Å². The van der Waals surface area contributed by atoms with Gasteiger partial charge in [-0.05, 0) is 52.3 Å². The summed E-state index contributed by atoms with van der Waals surface area (Å²) in [6.07, 6.45) is 2.00. The van der Waals surface area contributed by atoms with Crippen molar-refractivity contribution in [2.45, 2.75) is 13.3 Å². The topological polar surface area (TPSA) is 70.6 Å². The van der Waals surface area contributed by atoms with Crippen LogP contribution in [0.1, 0.15) is 28.6 Å². The molecule has 0 aliphatic heterocycles. The van der Waals surface area contributed by atoms with Crippen molar-refractivity contribution >= 4 is 51.0 Å². The van der Waals surface area contributed by atoms with E-state index in [0.29, 0.717) is 17.7 Å². The zero-order valence-corrected chi connectivity index (χ0v) is 14.2. The second-order valence-electron chi connectivity index (χ2n) is 4.32. The molecule has 0 spiro atoms. The summed E-state index contributed by atoms with van der Waals surface area (Å²) in [5.74, 6) is -0.371. The van der Waals surface area contributed by atoms with Crippen molar-refractivity contribution < 1.29 is 9.59 Å². The van der Waals surface area contributed by atoms with E-state index in [2.05, 4.69) is 31.8 Å². The maximum atomic E-state index is 11.9. The van der Waals surface area contributed by atoms with Crippen molar-refractivity contribution in [3.63, 3.8) is 0 Å². The Morgan fingerprint density at radius 1 is 1.23 bits per heavy atom. The molecule has 7 heteroatoms. The first-order chi connectivity index (χ1) is 10.6. The number of carbonyl (C=O) groups excluding carboxylic acids is 2. The molecule has 0 unspecified atom stereocenters. The Balaban J connectivity index is 1.92. The van der Waals surface area contributed by atoms with Crippen LogP contribution in [-0.4, -0.2) is 18.0 Å². The Labute approximate surface area is 140 Å². The molecule has 22 heavy (non-hydrogen) atoms. The summed E-state index contributed by atoms with van der Waals surface area (Å²) in [5.41, 5.74) is 3.60. The van der Waals surface area contributed by atoms with Crippen molar-refractivity contribution in [3.8, 4) is 0 Å². The fourth-order valence-corrected chi connectivity index (χ4v) is 2.87. The lowest BCUT2D eigenvalue weighted by Gasteiger charge is -2.04. The van der Waals surface area contributed by atoms with Crippen molar-refractivity contribution in [2.24, 2.45) is 5.10 Å². The van der Waals surface area contributed by atoms with Crippen LogP contribution in [0, 0.1) is 0 Å². The lowest BCUT2D eigenvalue weighted by atomic mass is 10.2. The van der Waals surface area contributed by atoms with Gasteiger partial charge in [0.05, 0.1) is 10.0 Å². The number of hydrazone groups is 1. The number of benzene rings is 1. The molecule has 0 aliphatic carbocycles. The highest BCUT2D eigenvalue weighted by Crippen LogP contribution is 2.20. The molecule has 0 bridgehead atoms. The summed E-state index contributed by atoms with van der Waals surface area (Å²) < 4.78 is 1.00. The van der Waals surface area contributed by atoms with Crippen LogP contribution in [0.4, 0.5) is 5.69 Å². The lowest BCUT2D eigenvalue weighted by Crippen LogP contribution is -2.17. The molecule has 2 N–H and O–H groups in total. The summed E-state index contributed by atoms with van der Waals surface area (Å²) in [5, 5.41) is 6.63. The molecule has 2 amide bonds. The second kappa shape index (κ2) is 7.86. The third-order valence-corrected chi connectivity index (χ3v) is 4.26. The average molecular weight is 380 g/mol. The highest BCUT2D eigenvalue weighted by atomic mass is 79.9. The smallest absolute Gasteiger partial charge is 0.271 e. The molecule has 1 heterocycles. The Bertz CT molecular complexity index is 695. The SMILES string of the molecule is CCC(=O)Nc1ccc(C(=O)NN=Cc2ccc(Br)s2)cc1. The molecule has 0 radical (unpaired) electrons. The van der Waals surface area contributed by atoms with E-state index in [4.69, 9.17) is 0 Å². The van der Waals surface area contributed by atoms with E-state index in [1.54, 1.807) is 37.4 Å². The van der Waals surface area contributed by atoms with E-state index in [1.165, 1.54) is 11.3 Å². The molecule has 2 aromatic rings. The molecule has 5 nitrogen and oxygen atoms in total. The van der Waals surface area contributed by atoms with Crippen LogP contribution in [-0.2, 0) is 4.79 Å². The Morgan fingerprint density at radius 2 is 1.95 bits per heavy atom. The zero-order chi connectivity index (χ0) is 15.9. The highest BCUT2D eigenvalue weighted by molar-refractivity contribution is 9.11. The number of hydrogen-bond donors (Lipinski definition) is 2. The van der Waals surface area contributed by atoms with Gasteiger partial charge < -0.3 is 5.32 Å². The molecule has 0 saturated heterocycles. The van der Waals surface area contributed by atoms with Gasteiger partial charge in [0, 0.05) is 22.5 Å². The predicted octanol–water partition coefficient (Wildman–Crippen LogP) is 3.62. The number of amides is 2.